The van der Waals surface area contributed by atoms with E-state index in [-0.39, 0.29) is 6.42 Å². The number of carbonyl (C=O) groups excluding carboxylic acids is 2. The predicted molar refractivity (Wildman–Crippen MR) is 107 cm³/mol. The maximum Gasteiger partial charge on any atom is 0.306 e. The summed E-state index contributed by atoms with van der Waals surface area (Å²) in [6.07, 6.45) is 1.50. The molecule has 0 aliphatic rings. The van der Waals surface area contributed by atoms with E-state index in [9.17, 15) is 9.59 Å². The number of rotatable bonds is 7. The normalized spacial score (nSPS) is 11.4. The van der Waals surface area contributed by atoms with Crippen LogP contribution in [0.15, 0.2) is 29.4 Å². The molecule has 0 aliphatic heterocycles. The van der Waals surface area contributed by atoms with E-state index in [0.717, 1.165) is 17.0 Å². The lowest BCUT2D eigenvalue weighted by atomic mass is 10.1. The summed E-state index contributed by atoms with van der Waals surface area (Å²) in [5, 5.41) is 12.4. The van der Waals surface area contributed by atoms with Crippen LogP contribution in [0.2, 0.25) is 0 Å². The third-order valence-corrected chi connectivity index (χ3v) is 4.69. The number of amides is 1. The third-order valence-electron chi connectivity index (χ3n) is 4.14. The van der Waals surface area contributed by atoms with Crippen molar-refractivity contribution in [3.63, 3.8) is 0 Å². The molecule has 1 amide bonds. The first kappa shape index (κ1) is 21.4. The highest BCUT2D eigenvalue weighted by molar-refractivity contribution is 7.98. The van der Waals surface area contributed by atoms with Gasteiger partial charge in [-0.1, -0.05) is 23.9 Å². The molecule has 1 atom stereocenters. The summed E-state index contributed by atoms with van der Waals surface area (Å²) in [5.41, 5.74) is 3.31. The van der Waals surface area contributed by atoms with E-state index in [1.807, 2.05) is 26.2 Å². The maximum atomic E-state index is 12.2. The lowest BCUT2D eigenvalue weighted by Crippen LogP contribution is -2.30. The van der Waals surface area contributed by atoms with Crippen molar-refractivity contribution in [2.45, 2.75) is 44.9 Å². The molecule has 0 spiro atoms. The van der Waals surface area contributed by atoms with Crippen LogP contribution in [0, 0.1) is 25.2 Å². The highest BCUT2D eigenvalue weighted by Crippen LogP contribution is 2.18. The van der Waals surface area contributed by atoms with Crippen LogP contribution in [0.4, 0.5) is 5.69 Å². The van der Waals surface area contributed by atoms with Gasteiger partial charge in [0.15, 0.2) is 11.3 Å². The van der Waals surface area contributed by atoms with Crippen molar-refractivity contribution >= 4 is 29.3 Å². The Labute approximate surface area is 168 Å². The zero-order chi connectivity index (χ0) is 20.7. The second-order valence-corrected chi connectivity index (χ2v) is 6.91. The number of nitriles is 1. The number of thioether (sulfide) groups is 1. The topological polar surface area (TPSA) is 105 Å². The Morgan fingerprint density at radius 2 is 1.89 bits per heavy atom. The van der Waals surface area contributed by atoms with Gasteiger partial charge in [-0.05, 0) is 51.1 Å². The summed E-state index contributed by atoms with van der Waals surface area (Å²) in [4.78, 5) is 33.2. The van der Waals surface area contributed by atoms with Crippen LogP contribution in [0.5, 0.6) is 0 Å². The van der Waals surface area contributed by atoms with E-state index >= 15 is 0 Å². The van der Waals surface area contributed by atoms with Gasteiger partial charge in [-0.15, -0.1) is 0 Å². The maximum absolute atomic E-state index is 12.2. The van der Waals surface area contributed by atoms with Crippen LogP contribution in [0.1, 0.15) is 35.9 Å². The molecule has 0 saturated carbocycles. The Bertz CT molecular complexity index is 901. The first-order chi connectivity index (χ1) is 13.3. The van der Waals surface area contributed by atoms with Crippen molar-refractivity contribution in [2.24, 2.45) is 0 Å². The number of para-hydroxylation sites is 1. The number of aryl methyl sites for hydroxylation is 2. The van der Waals surface area contributed by atoms with Gasteiger partial charge >= 0.3 is 5.97 Å². The van der Waals surface area contributed by atoms with Crippen molar-refractivity contribution in [3.05, 3.63) is 46.8 Å². The van der Waals surface area contributed by atoms with Gasteiger partial charge in [0.2, 0.25) is 0 Å². The molecule has 0 fully saturated rings. The Kier molecular flexibility index (Phi) is 7.52. The van der Waals surface area contributed by atoms with E-state index in [4.69, 9.17) is 10.00 Å². The molecule has 2 aromatic rings. The van der Waals surface area contributed by atoms with Crippen molar-refractivity contribution in [3.8, 4) is 6.07 Å². The minimum atomic E-state index is -0.975. The second kappa shape index (κ2) is 9.85. The van der Waals surface area contributed by atoms with Gasteiger partial charge in [-0.2, -0.15) is 5.26 Å². The smallest absolute Gasteiger partial charge is 0.306 e. The van der Waals surface area contributed by atoms with Crippen LogP contribution in [0.3, 0.4) is 0 Å². The Hall–Kier alpha value is -2.92. The van der Waals surface area contributed by atoms with Gasteiger partial charge in [0.05, 0.1) is 11.3 Å². The largest absolute Gasteiger partial charge is 0.453 e. The lowest BCUT2D eigenvalue weighted by Gasteiger charge is -2.15. The summed E-state index contributed by atoms with van der Waals surface area (Å²) in [7, 11) is 0. The Morgan fingerprint density at radius 3 is 2.50 bits per heavy atom. The summed E-state index contributed by atoms with van der Waals surface area (Å²) in [5.74, 6) is -0.972. The average Bonchev–Trinajstić information content (AvgIpc) is 2.67. The number of nitrogens with one attached hydrogen (secondary N) is 1. The SMILES string of the molecule is CSc1nc(C)c(CCC(=O)O[C@H](C)C(=O)Nc2ccccc2C#N)c(C)n1. The molecular weight excluding hydrogens is 376 g/mol. The number of esters is 1. The first-order valence-electron chi connectivity index (χ1n) is 8.73. The molecule has 0 radical (unpaired) electrons. The molecular formula is C20H22N4O3S. The van der Waals surface area contributed by atoms with Crippen molar-refractivity contribution < 1.29 is 14.3 Å². The van der Waals surface area contributed by atoms with E-state index in [1.54, 1.807) is 24.3 Å². The summed E-state index contributed by atoms with van der Waals surface area (Å²) < 4.78 is 5.23. The Morgan fingerprint density at radius 1 is 1.25 bits per heavy atom. The molecule has 0 saturated heterocycles. The molecule has 7 nitrogen and oxygen atoms in total. The number of ether oxygens (including phenoxy) is 1. The van der Waals surface area contributed by atoms with Gasteiger partial charge in [-0.3, -0.25) is 9.59 Å². The zero-order valence-electron chi connectivity index (χ0n) is 16.3. The van der Waals surface area contributed by atoms with E-state index < -0.39 is 18.0 Å². The van der Waals surface area contributed by atoms with Crippen LogP contribution in [-0.2, 0) is 20.7 Å². The van der Waals surface area contributed by atoms with Gasteiger partial charge in [0, 0.05) is 17.8 Å². The van der Waals surface area contributed by atoms with E-state index in [2.05, 4.69) is 15.3 Å². The molecule has 1 N–H and O–H groups in total. The number of carbonyl (C=O) groups is 2. The molecule has 1 heterocycles. The van der Waals surface area contributed by atoms with Crippen LogP contribution >= 0.6 is 11.8 Å². The van der Waals surface area contributed by atoms with Crippen molar-refractivity contribution in [2.75, 3.05) is 11.6 Å². The number of anilines is 1. The summed E-state index contributed by atoms with van der Waals surface area (Å²) in [6, 6.07) is 8.64. The van der Waals surface area contributed by atoms with Crippen molar-refractivity contribution in [1.29, 1.82) is 5.26 Å². The monoisotopic (exact) mass is 398 g/mol. The number of aromatic nitrogens is 2. The molecule has 8 heteroatoms. The second-order valence-electron chi connectivity index (χ2n) is 6.14. The minimum Gasteiger partial charge on any atom is -0.453 e. The highest BCUT2D eigenvalue weighted by Gasteiger charge is 2.19. The zero-order valence-corrected chi connectivity index (χ0v) is 17.1. The molecule has 1 aromatic heterocycles. The Balaban J connectivity index is 1.92. The number of nitrogens with zero attached hydrogens (tertiary/aromatic N) is 3. The minimum absolute atomic E-state index is 0.121. The fourth-order valence-corrected chi connectivity index (χ4v) is 3.08. The molecule has 2 rings (SSSR count). The first-order valence-corrected chi connectivity index (χ1v) is 9.95. The van der Waals surface area contributed by atoms with Gasteiger partial charge in [-0.25, -0.2) is 9.97 Å². The standard InChI is InChI=1S/C20H22N4O3S/c1-12-16(13(2)23-20(22-12)28-4)9-10-18(25)27-14(3)19(26)24-17-8-6-5-7-15(17)11-21/h5-8,14H,9-10H2,1-4H3,(H,24,26)/t14-/m1/s1. The van der Waals surface area contributed by atoms with E-state index in [1.165, 1.54) is 18.7 Å². The highest BCUT2D eigenvalue weighted by atomic mass is 32.2. The molecule has 0 unspecified atom stereocenters. The molecule has 0 aliphatic carbocycles. The summed E-state index contributed by atoms with van der Waals surface area (Å²) >= 11 is 1.47. The number of benzene rings is 1. The molecule has 1 aromatic carbocycles. The number of hydrogen-bond donors (Lipinski definition) is 1. The van der Waals surface area contributed by atoms with E-state index in [0.29, 0.717) is 22.8 Å². The molecule has 28 heavy (non-hydrogen) atoms. The van der Waals surface area contributed by atoms with Gasteiger partial charge in [0.25, 0.3) is 5.91 Å². The van der Waals surface area contributed by atoms with Crippen LogP contribution in [0.25, 0.3) is 0 Å². The number of hydrogen-bond acceptors (Lipinski definition) is 7. The van der Waals surface area contributed by atoms with Crippen LogP contribution < -0.4 is 5.32 Å². The third kappa shape index (κ3) is 5.54. The van der Waals surface area contributed by atoms with Gasteiger partial charge < -0.3 is 10.1 Å². The quantitative estimate of drug-likeness (QED) is 0.434. The fourth-order valence-electron chi connectivity index (χ4n) is 2.62. The average molecular weight is 398 g/mol. The van der Waals surface area contributed by atoms with Crippen molar-refractivity contribution in [1.82, 2.24) is 9.97 Å². The summed E-state index contributed by atoms with van der Waals surface area (Å²) in [6.45, 7) is 5.27. The van der Waals surface area contributed by atoms with Crippen LogP contribution in [-0.4, -0.2) is 34.2 Å². The van der Waals surface area contributed by atoms with Gasteiger partial charge in [0.1, 0.15) is 6.07 Å². The fraction of sp³-hybridized carbons (Fsp3) is 0.350. The lowest BCUT2D eigenvalue weighted by molar-refractivity contribution is -0.153. The molecule has 0 bridgehead atoms. The predicted octanol–water partition coefficient (Wildman–Crippen LogP) is 3.19. The molecule has 146 valence electrons.